The Balaban J connectivity index is 2.35. The fourth-order valence-electron chi connectivity index (χ4n) is 1.51. The normalized spacial score (nSPS) is 10.4. The van der Waals surface area contributed by atoms with Crippen LogP contribution in [0.5, 0.6) is 11.5 Å². The van der Waals surface area contributed by atoms with Gasteiger partial charge >= 0.3 is 5.35 Å². The van der Waals surface area contributed by atoms with E-state index in [-0.39, 0.29) is 5.35 Å². The minimum atomic E-state index is 0.0110. The van der Waals surface area contributed by atoms with Crippen molar-refractivity contribution in [1.29, 1.82) is 0 Å². The molecule has 96 valence electrons. The van der Waals surface area contributed by atoms with E-state index in [9.17, 15) is 0 Å². The van der Waals surface area contributed by atoms with E-state index in [4.69, 9.17) is 25.5 Å². The molecule has 0 atom stereocenters. The second-order valence-corrected chi connectivity index (χ2v) is 3.71. The number of rotatable bonds is 5. The maximum Gasteiger partial charge on any atom is 0.313 e. The number of aromatic nitrogens is 2. The van der Waals surface area contributed by atoms with E-state index in [2.05, 4.69) is 10.2 Å². The van der Waals surface area contributed by atoms with Gasteiger partial charge in [0.25, 0.3) is 0 Å². The summed E-state index contributed by atoms with van der Waals surface area (Å²) >= 11 is 5.60. The van der Waals surface area contributed by atoms with Crippen LogP contribution in [0.25, 0.3) is 11.5 Å². The monoisotopic (exact) mass is 268 g/mol. The molecule has 0 amide bonds. The van der Waals surface area contributed by atoms with Crippen molar-refractivity contribution in [3.8, 4) is 23.0 Å². The van der Waals surface area contributed by atoms with Crippen LogP contribution in [0.1, 0.15) is 13.8 Å². The largest absolute Gasteiger partial charge is 0.490 e. The highest BCUT2D eigenvalue weighted by Crippen LogP contribution is 2.32. The average molecular weight is 269 g/mol. The topological polar surface area (TPSA) is 57.4 Å². The Labute approximate surface area is 110 Å². The molecule has 0 aliphatic heterocycles. The van der Waals surface area contributed by atoms with Crippen molar-refractivity contribution in [2.45, 2.75) is 13.8 Å². The molecular weight excluding hydrogens is 256 g/mol. The third kappa shape index (κ3) is 2.73. The van der Waals surface area contributed by atoms with Gasteiger partial charge < -0.3 is 13.9 Å². The van der Waals surface area contributed by atoms with Crippen LogP contribution in [0.4, 0.5) is 0 Å². The molecule has 0 saturated heterocycles. The molecule has 18 heavy (non-hydrogen) atoms. The summed E-state index contributed by atoms with van der Waals surface area (Å²) in [5.74, 6) is 1.68. The summed E-state index contributed by atoms with van der Waals surface area (Å²) in [6.45, 7) is 4.95. The van der Waals surface area contributed by atoms with E-state index in [1.54, 1.807) is 6.07 Å². The fourth-order valence-corrected chi connectivity index (χ4v) is 1.62. The quantitative estimate of drug-likeness (QED) is 0.833. The first-order valence-electron chi connectivity index (χ1n) is 5.63. The average Bonchev–Trinajstić information content (AvgIpc) is 2.79. The molecule has 0 spiro atoms. The smallest absolute Gasteiger partial charge is 0.313 e. The first-order chi connectivity index (χ1) is 8.74. The molecule has 0 fully saturated rings. The number of nitrogens with zero attached hydrogens (tertiary/aromatic N) is 2. The molecule has 1 aromatic carbocycles. The van der Waals surface area contributed by atoms with Crippen molar-refractivity contribution >= 4 is 11.6 Å². The zero-order chi connectivity index (χ0) is 13.0. The fraction of sp³-hybridized carbons (Fsp3) is 0.333. The van der Waals surface area contributed by atoms with Gasteiger partial charge in [0.05, 0.1) is 13.2 Å². The van der Waals surface area contributed by atoms with Gasteiger partial charge in [0.2, 0.25) is 5.89 Å². The van der Waals surface area contributed by atoms with Crippen molar-refractivity contribution in [3.05, 3.63) is 23.5 Å². The van der Waals surface area contributed by atoms with Gasteiger partial charge in [-0.25, -0.2) is 0 Å². The van der Waals surface area contributed by atoms with E-state index in [1.165, 1.54) is 0 Å². The number of hydrogen-bond acceptors (Lipinski definition) is 5. The van der Waals surface area contributed by atoms with Crippen molar-refractivity contribution in [2.24, 2.45) is 0 Å². The molecule has 5 nitrogen and oxygen atoms in total. The van der Waals surface area contributed by atoms with E-state index in [0.29, 0.717) is 30.6 Å². The summed E-state index contributed by atoms with van der Waals surface area (Å²) in [5.41, 5.74) is 0.737. The van der Waals surface area contributed by atoms with Crippen LogP contribution < -0.4 is 9.47 Å². The summed E-state index contributed by atoms with van der Waals surface area (Å²) in [4.78, 5) is 0. The molecule has 0 radical (unpaired) electrons. The Morgan fingerprint density at radius 3 is 2.44 bits per heavy atom. The zero-order valence-corrected chi connectivity index (χ0v) is 10.9. The summed E-state index contributed by atoms with van der Waals surface area (Å²) in [6, 6.07) is 5.41. The molecule has 6 heteroatoms. The van der Waals surface area contributed by atoms with Crippen LogP contribution in [0.15, 0.2) is 22.6 Å². The lowest BCUT2D eigenvalue weighted by Gasteiger charge is -2.11. The van der Waals surface area contributed by atoms with Crippen LogP contribution in [-0.2, 0) is 0 Å². The lowest BCUT2D eigenvalue weighted by molar-refractivity contribution is 0.288. The van der Waals surface area contributed by atoms with Crippen LogP contribution in [0.2, 0.25) is 5.35 Å². The number of halogens is 1. The molecule has 1 heterocycles. The molecule has 2 rings (SSSR count). The molecule has 0 aliphatic carbocycles. The standard InChI is InChI=1S/C12H13ClN2O3/c1-3-16-9-6-5-8(7-10(9)17-4-2)11-14-15-12(13)18-11/h5-7H,3-4H2,1-2H3. The summed E-state index contributed by atoms with van der Waals surface area (Å²) in [6.07, 6.45) is 0. The molecule has 2 aromatic rings. The van der Waals surface area contributed by atoms with Crippen molar-refractivity contribution in [3.63, 3.8) is 0 Å². The third-order valence-corrected chi connectivity index (χ3v) is 2.34. The Kier molecular flexibility index (Phi) is 4.04. The number of benzene rings is 1. The summed E-state index contributed by atoms with van der Waals surface area (Å²) < 4.78 is 16.1. The molecule has 1 aromatic heterocycles. The Morgan fingerprint density at radius 1 is 1.11 bits per heavy atom. The molecule has 0 aliphatic rings. The highest BCUT2D eigenvalue weighted by molar-refractivity contribution is 6.27. The zero-order valence-electron chi connectivity index (χ0n) is 10.1. The van der Waals surface area contributed by atoms with Crippen LogP contribution in [-0.4, -0.2) is 23.4 Å². The molecular formula is C12H13ClN2O3. The van der Waals surface area contributed by atoms with E-state index >= 15 is 0 Å². The molecule has 0 bridgehead atoms. The van der Waals surface area contributed by atoms with Crippen molar-refractivity contribution in [2.75, 3.05) is 13.2 Å². The van der Waals surface area contributed by atoms with E-state index in [1.807, 2.05) is 26.0 Å². The van der Waals surface area contributed by atoms with Crippen LogP contribution in [0, 0.1) is 0 Å². The Morgan fingerprint density at radius 2 is 1.83 bits per heavy atom. The van der Waals surface area contributed by atoms with Gasteiger partial charge in [-0.3, -0.25) is 0 Å². The lowest BCUT2D eigenvalue weighted by Crippen LogP contribution is -1.98. The maximum atomic E-state index is 5.60. The van der Waals surface area contributed by atoms with Gasteiger partial charge in [-0.1, -0.05) is 5.10 Å². The van der Waals surface area contributed by atoms with Gasteiger partial charge in [0.15, 0.2) is 11.5 Å². The van der Waals surface area contributed by atoms with Gasteiger partial charge in [-0.15, -0.1) is 5.10 Å². The highest BCUT2D eigenvalue weighted by atomic mass is 35.5. The number of ether oxygens (including phenoxy) is 2. The van der Waals surface area contributed by atoms with Gasteiger partial charge in [-0.05, 0) is 43.6 Å². The van der Waals surface area contributed by atoms with Gasteiger partial charge in [-0.2, -0.15) is 0 Å². The second kappa shape index (κ2) is 5.73. The van der Waals surface area contributed by atoms with Gasteiger partial charge in [0, 0.05) is 5.56 Å². The van der Waals surface area contributed by atoms with Crippen LogP contribution >= 0.6 is 11.6 Å². The third-order valence-electron chi connectivity index (χ3n) is 2.19. The van der Waals surface area contributed by atoms with Crippen molar-refractivity contribution in [1.82, 2.24) is 10.2 Å². The highest BCUT2D eigenvalue weighted by Gasteiger charge is 2.11. The molecule has 0 N–H and O–H groups in total. The van der Waals surface area contributed by atoms with Crippen LogP contribution in [0.3, 0.4) is 0 Å². The minimum Gasteiger partial charge on any atom is -0.490 e. The summed E-state index contributed by atoms with van der Waals surface area (Å²) in [5, 5.41) is 7.43. The SMILES string of the molecule is CCOc1ccc(-c2nnc(Cl)o2)cc1OCC. The first kappa shape index (κ1) is 12.7. The summed E-state index contributed by atoms with van der Waals surface area (Å²) in [7, 11) is 0. The predicted octanol–water partition coefficient (Wildman–Crippen LogP) is 3.19. The minimum absolute atomic E-state index is 0.0110. The van der Waals surface area contributed by atoms with E-state index in [0.717, 1.165) is 5.56 Å². The number of hydrogen-bond donors (Lipinski definition) is 0. The van der Waals surface area contributed by atoms with Crippen molar-refractivity contribution < 1.29 is 13.9 Å². The lowest BCUT2D eigenvalue weighted by atomic mass is 10.2. The first-order valence-corrected chi connectivity index (χ1v) is 6.01. The Hall–Kier alpha value is -1.75. The molecule has 0 saturated carbocycles. The maximum absolute atomic E-state index is 5.60. The van der Waals surface area contributed by atoms with E-state index < -0.39 is 0 Å². The van der Waals surface area contributed by atoms with Gasteiger partial charge in [0.1, 0.15) is 0 Å². The Bertz CT molecular complexity index is 528. The predicted molar refractivity (Wildman–Crippen MR) is 67.1 cm³/mol. The molecule has 0 unspecified atom stereocenters. The second-order valence-electron chi connectivity index (χ2n) is 3.39.